The van der Waals surface area contributed by atoms with Crippen molar-refractivity contribution in [1.82, 2.24) is 10.3 Å². The lowest BCUT2D eigenvalue weighted by Crippen LogP contribution is -2.29. The number of halogens is 1. The maximum Gasteiger partial charge on any atom is 0.335 e. The lowest BCUT2D eigenvalue weighted by atomic mass is 10.0. The van der Waals surface area contributed by atoms with Crippen molar-refractivity contribution >= 4 is 44.9 Å². The molecule has 8 heteroatoms. The van der Waals surface area contributed by atoms with Crippen molar-refractivity contribution in [1.29, 1.82) is 0 Å². The minimum Gasteiger partial charge on any atom is -0.478 e. The SMILES string of the molecule is O=C(O)c1cccc(-c2ccc([C@H]3[C@H](c4ccccn4)NC(=S)N3c3ccc(Br)cc3)o2)c1. The average molecular weight is 520 g/mol. The third kappa shape index (κ3) is 4.15. The lowest BCUT2D eigenvalue weighted by molar-refractivity contribution is 0.0697. The number of carbonyl (C=O) groups is 1. The summed E-state index contributed by atoms with van der Waals surface area (Å²) in [5, 5.41) is 13.3. The molecule has 0 saturated carbocycles. The molecule has 1 saturated heterocycles. The molecule has 0 bridgehead atoms. The zero-order chi connectivity index (χ0) is 22.9. The number of furan rings is 1. The molecule has 0 spiro atoms. The summed E-state index contributed by atoms with van der Waals surface area (Å²) < 4.78 is 7.27. The Morgan fingerprint density at radius 1 is 1.06 bits per heavy atom. The van der Waals surface area contributed by atoms with Gasteiger partial charge < -0.3 is 19.7 Å². The monoisotopic (exact) mass is 519 g/mol. The number of nitrogens with zero attached hydrogens (tertiary/aromatic N) is 2. The first-order valence-electron chi connectivity index (χ1n) is 10.2. The second-order valence-electron chi connectivity index (χ2n) is 7.56. The zero-order valence-electron chi connectivity index (χ0n) is 17.2. The van der Waals surface area contributed by atoms with Crippen LogP contribution in [0.15, 0.2) is 93.9 Å². The van der Waals surface area contributed by atoms with Gasteiger partial charge in [0.2, 0.25) is 0 Å². The van der Waals surface area contributed by atoms with Crippen molar-refractivity contribution in [3.63, 3.8) is 0 Å². The Morgan fingerprint density at radius 2 is 1.88 bits per heavy atom. The minimum atomic E-state index is -0.981. The third-order valence-electron chi connectivity index (χ3n) is 5.52. The predicted molar refractivity (Wildman–Crippen MR) is 133 cm³/mol. The number of aromatic nitrogens is 1. The van der Waals surface area contributed by atoms with E-state index in [1.165, 1.54) is 0 Å². The van der Waals surface area contributed by atoms with Crippen LogP contribution in [0, 0.1) is 0 Å². The van der Waals surface area contributed by atoms with Crippen LogP contribution in [0.1, 0.15) is 33.9 Å². The van der Waals surface area contributed by atoms with Crippen molar-refractivity contribution < 1.29 is 14.3 Å². The molecule has 0 unspecified atom stereocenters. The molecule has 0 radical (unpaired) electrons. The number of carboxylic acid groups (broad SMARTS) is 1. The van der Waals surface area contributed by atoms with E-state index in [-0.39, 0.29) is 17.6 Å². The Balaban J connectivity index is 1.58. The quantitative estimate of drug-likeness (QED) is 0.314. The van der Waals surface area contributed by atoms with E-state index in [0.717, 1.165) is 15.9 Å². The van der Waals surface area contributed by atoms with Gasteiger partial charge in [-0.1, -0.05) is 34.1 Å². The highest BCUT2D eigenvalue weighted by Gasteiger charge is 2.42. The smallest absolute Gasteiger partial charge is 0.335 e. The normalized spacial score (nSPS) is 17.7. The van der Waals surface area contributed by atoms with Gasteiger partial charge in [-0.3, -0.25) is 4.98 Å². The molecule has 0 aliphatic carbocycles. The number of hydrogen-bond acceptors (Lipinski definition) is 4. The fourth-order valence-corrected chi connectivity index (χ4v) is 4.61. The first-order valence-corrected chi connectivity index (χ1v) is 11.4. The highest BCUT2D eigenvalue weighted by molar-refractivity contribution is 9.10. The van der Waals surface area contributed by atoms with Gasteiger partial charge in [-0.25, -0.2) is 4.79 Å². The molecule has 1 aliphatic rings. The molecule has 3 heterocycles. The minimum absolute atomic E-state index is 0.206. The standard InChI is InChI=1S/C25H18BrN3O3S/c26-17-7-9-18(10-8-17)29-23(22(28-25(29)33)19-6-1-2-13-27-19)21-12-11-20(32-21)15-4-3-5-16(14-15)24(30)31/h1-14,22-23H,(H,28,33)(H,30,31)/t22-,23-/m0/s1. The Hall–Kier alpha value is -3.49. The summed E-state index contributed by atoms with van der Waals surface area (Å²) in [4.78, 5) is 18.0. The van der Waals surface area contributed by atoms with Gasteiger partial charge in [-0.2, -0.15) is 0 Å². The maximum absolute atomic E-state index is 11.4. The maximum atomic E-state index is 11.4. The van der Waals surface area contributed by atoms with Crippen LogP contribution >= 0.6 is 28.1 Å². The molecule has 164 valence electrons. The number of benzene rings is 2. The Bertz CT molecular complexity index is 1320. The second-order valence-corrected chi connectivity index (χ2v) is 8.86. The zero-order valence-corrected chi connectivity index (χ0v) is 19.6. The number of pyridine rings is 1. The summed E-state index contributed by atoms with van der Waals surface area (Å²) in [6.07, 6.45) is 1.75. The van der Waals surface area contributed by atoms with Crippen LogP contribution in [0.4, 0.5) is 5.69 Å². The molecular weight excluding hydrogens is 502 g/mol. The second kappa shape index (κ2) is 8.80. The van der Waals surface area contributed by atoms with Gasteiger partial charge in [0, 0.05) is 21.9 Å². The molecule has 6 nitrogen and oxygen atoms in total. The predicted octanol–water partition coefficient (Wildman–Crippen LogP) is 5.98. The van der Waals surface area contributed by atoms with E-state index in [0.29, 0.717) is 22.2 Å². The number of nitrogens with one attached hydrogen (secondary N) is 1. The van der Waals surface area contributed by atoms with Crippen LogP contribution in [0.5, 0.6) is 0 Å². The highest BCUT2D eigenvalue weighted by atomic mass is 79.9. The van der Waals surface area contributed by atoms with Gasteiger partial charge in [0.15, 0.2) is 5.11 Å². The van der Waals surface area contributed by atoms with Gasteiger partial charge in [-0.15, -0.1) is 0 Å². The van der Waals surface area contributed by atoms with Crippen molar-refractivity contribution in [3.05, 3.63) is 107 Å². The van der Waals surface area contributed by atoms with Gasteiger partial charge >= 0.3 is 5.97 Å². The summed E-state index contributed by atoms with van der Waals surface area (Å²) in [5.74, 6) is 0.295. The van der Waals surface area contributed by atoms with Crippen molar-refractivity contribution in [3.8, 4) is 11.3 Å². The summed E-state index contributed by atoms with van der Waals surface area (Å²) in [7, 11) is 0. The van der Waals surface area contributed by atoms with E-state index < -0.39 is 5.97 Å². The van der Waals surface area contributed by atoms with Crippen LogP contribution in [0.25, 0.3) is 11.3 Å². The van der Waals surface area contributed by atoms with Gasteiger partial charge in [0.05, 0.1) is 17.3 Å². The van der Waals surface area contributed by atoms with Crippen LogP contribution in [0.2, 0.25) is 0 Å². The van der Waals surface area contributed by atoms with Gasteiger partial charge in [-0.05, 0) is 72.9 Å². The molecule has 2 aromatic heterocycles. The highest BCUT2D eigenvalue weighted by Crippen LogP contribution is 2.43. The molecule has 5 rings (SSSR count). The summed E-state index contributed by atoms with van der Waals surface area (Å²) in [5.41, 5.74) is 2.66. The van der Waals surface area contributed by atoms with E-state index in [1.54, 1.807) is 24.4 Å². The third-order valence-corrected chi connectivity index (χ3v) is 6.36. The van der Waals surface area contributed by atoms with Crippen molar-refractivity contribution in [2.45, 2.75) is 12.1 Å². The Labute approximate surface area is 204 Å². The number of thiocarbonyl (C=S) groups is 1. The first-order chi connectivity index (χ1) is 16.0. The molecule has 2 aromatic carbocycles. The van der Waals surface area contributed by atoms with E-state index in [1.807, 2.05) is 65.6 Å². The van der Waals surface area contributed by atoms with Crippen LogP contribution in [0.3, 0.4) is 0 Å². The molecular formula is C25H18BrN3O3S. The van der Waals surface area contributed by atoms with E-state index >= 15 is 0 Å². The number of carboxylic acids is 1. The number of rotatable bonds is 5. The van der Waals surface area contributed by atoms with Crippen LogP contribution < -0.4 is 10.2 Å². The number of aromatic carboxylic acids is 1. The van der Waals surface area contributed by atoms with Gasteiger partial charge in [0.1, 0.15) is 17.6 Å². The first kappa shape index (κ1) is 21.4. The molecule has 1 fully saturated rings. The van der Waals surface area contributed by atoms with Crippen molar-refractivity contribution in [2.24, 2.45) is 0 Å². The molecule has 2 atom stereocenters. The molecule has 2 N–H and O–H groups in total. The summed E-state index contributed by atoms with van der Waals surface area (Å²) in [6, 6.07) is 23.6. The largest absolute Gasteiger partial charge is 0.478 e. The fourth-order valence-electron chi connectivity index (χ4n) is 4.00. The molecule has 0 amide bonds. The molecule has 33 heavy (non-hydrogen) atoms. The topological polar surface area (TPSA) is 78.6 Å². The summed E-state index contributed by atoms with van der Waals surface area (Å²) >= 11 is 9.21. The summed E-state index contributed by atoms with van der Waals surface area (Å²) in [6.45, 7) is 0. The van der Waals surface area contributed by atoms with E-state index in [9.17, 15) is 9.90 Å². The van der Waals surface area contributed by atoms with E-state index in [2.05, 4.69) is 26.2 Å². The molecule has 1 aliphatic heterocycles. The van der Waals surface area contributed by atoms with Crippen molar-refractivity contribution in [2.75, 3.05) is 4.90 Å². The Morgan fingerprint density at radius 3 is 2.61 bits per heavy atom. The number of anilines is 1. The lowest BCUT2D eigenvalue weighted by Gasteiger charge is -2.26. The average Bonchev–Trinajstić information content (AvgIpc) is 3.45. The van der Waals surface area contributed by atoms with E-state index in [4.69, 9.17) is 16.6 Å². The van der Waals surface area contributed by atoms with Crippen LogP contribution in [-0.2, 0) is 0 Å². The number of hydrogen-bond donors (Lipinski definition) is 2. The van der Waals surface area contributed by atoms with Crippen LogP contribution in [-0.4, -0.2) is 21.2 Å². The fraction of sp³-hybridized carbons (Fsp3) is 0.0800. The Kier molecular flexibility index (Phi) is 5.70. The molecule has 4 aromatic rings. The van der Waals surface area contributed by atoms with Gasteiger partial charge in [0.25, 0.3) is 0 Å².